The SMILES string of the molecule is Cc1ccc2c(c1)C(NC(=O)C(N)C(C)C)CCCO2. The van der Waals surface area contributed by atoms with E-state index in [4.69, 9.17) is 10.5 Å². The van der Waals surface area contributed by atoms with Gasteiger partial charge in [-0.25, -0.2) is 0 Å². The number of hydrogen-bond donors (Lipinski definition) is 2. The molecule has 1 aliphatic heterocycles. The molecule has 1 aromatic rings. The minimum atomic E-state index is -0.465. The van der Waals surface area contributed by atoms with Gasteiger partial charge in [-0.1, -0.05) is 31.5 Å². The molecular formula is C16H24N2O2. The summed E-state index contributed by atoms with van der Waals surface area (Å²) in [6.45, 7) is 6.65. The molecule has 0 aliphatic carbocycles. The van der Waals surface area contributed by atoms with E-state index in [9.17, 15) is 4.79 Å². The molecule has 1 amide bonds. The number of carbonyl (C=O) groups excluding carboxylic acids is 1. The molecule has 3 N–H and O–H groups in total. The first-order valence-corrected chi connectivity index (χ1v) is 7.28. The largest absolute Gasteiger partial charge is 0.493 e. The maximum Gasteiger partial charge on any atom is 0.237 e. The van der Waals surface area contributed by atoms with Crippen LogP contribution in [0.25, 0.3) is 0 Å². The van der Waals surface area contributed by atoms with Crippen molar-refractivity contribution < 1.29 is 9.53 Å². The maximum absolute atomic E-state index is 12.2. The quantitative estimate of drug-likeness (QED) is 0.890. The number of amides is 1. The molecule has 2 atom stereocenters. The zero-order valence-corrected chi connectivity index (χ0v) is 12.5. The van der Waals surface area contributed by atoms with Crippen LogP contribution in [-0.4, -0.2) is 18.6 Å². The predicted molar refractivity (Wildman–Crippen MR) is 79.6 cm³/mol. The van der Waals surface area contributed by atoms with Gasteiger partial charge in [0.1, 0.15) is 5.75 Å². The topological polar surface area (TPSA) is 64.4 Å². The Balaban J connectivity index is 2.20. The van der Waals surface area contributed by atoms with Gasteiger partial charge in [0.25, 0.3) is 0 Å². The zero-order chi connectivity index (χ0) is 14.7. The second-order valence-electron chi connectivity index (χ2n) is 5.86. The van der Waals surface area contributed by atoms with Crippen LogP contribution in [0.3, 0.4) is 0 Å². The summed E-state index contributed by atoms with van der Waals surface area (Å²) in [5.74, 6) is 0.921. The van der Waals surface area contributed by atoms with Crippen molar-refractivity contribution in [1.29, 1.82) is 0 Å². The second kappa shape index (κ2) is 6.27. The highest BCUT2D eigenvalue weighted by Gasteiger charge is 2.25. The molecule has 0 spiro atoms. The zero-order valence-electron chi connectivity index (χ0n) is 12.5. The number of nitrogens with one attached hydrogen (secondary N) is 1. The van der Waals surface area contributed by atoms with Gasteiger partial charge in [-0.2, -0.15) is 0 Å². The molecule has 2 rings (SSSR count). The highest BCUT2D eigenvalue weighted by Crippen LogP contribution is 2.32. The Morgan fingerprint density at radius 2 is 2.20 bits per heavy atom. The number of nitrogens with two attached hydrogens (primary N) is 1. The van der Waals surface area contributed by atoms with Gasteiger partial charge in [0.05, 0.1) is 18.7 Å². The van der Waals surface area contributed by atoms with E-state index in [-0.39, 0.29) is 17.9 Å². The number of ether oxygens (including phenoxy) is 1. The van der Waals surface area contributed by atoms with Crippen LogP contribution in [0.4, 0.5) is 0 Å². The van der Waals surface area contributed by atoms with Crippen molar-refractivity contribution in [3.8, 4) is 5.75 Å². The van der Waals surface area contributed by atoms with Crippen molar-refractivity contribution >= 4 is 5.91 Å². The Morgan fingerprint density at radius 1 is 1.45 bits per heavy atom. The lowest BCUT2D eigenvalue weighted by Gasteiger charge is -2.22. The number of benzene rings is 1. The summed E-state index contributed by atoms with van der Waals surface area (Å²) in [7, 11) is 0. The van der Waals surface area contributed by atoms with Crippen LogP contribution in [0, 0.1) is 12.8 Å². The second-order valence-corrected chi connectivity index (χ2v) is 5.86. The van der Waals surface area contributed by atoms with E-state index in [2.05, 4.69) is 11.4 Å². The van der Waals surface area contributed by atoms with Gasteiger partial charge < -0.3 is 15.8 Å². The summed E-state index contributed by atoms with van der Waals surface area (Å²) >= 11 is 0. The molecule has 0 saturated heterocycles. The van der Waals surface area contributed by atoms with Crippen molar-refractivity contribution in [2.24, 2.45) is 11.7 Å². The first kappa shape index (κ1) is 14.9. The molecule has 4 nitrogen and oxygen atoms in total. The third kappa shape index (κ3) is 3.31. The van der Waals surface area contributed by atoms with Crippen molar-refractivity contribution in [2.45, 2.75) is 45.7 Å². The Hall–Kier alpha value is -1.55. The first-order chi connectivity index (χ1) is 9.49. The molecule has 1 aliphatic rings. The Labute approximate surface area is 120 Å². The van der Waals surface area contributed by atoms with E-state index in [1.165, 1.54) is 5.56 Å². The lowest BCUT2D eigenvalue weighted by Crippen LogP contribution is -2.45. The smallest absolute Gasteiger partial charge is 0.237 e. The van der Waals surface area contributed by atoms with Crippen LogP contribution in [0.5, 0.6) is 5.75 Å². The number of rotatable bonds is 3. The van der Waals surface area contributed by atoms with Gasteiger partial charge in [-0.15, -0.1) is 0 Å². The number of carbonyl (C=O) groups is 1. The lowest BCUT2D eigenvalue weighted by molar-refractivity contribution is -0.124. The molecule has 0 aromatic heterocycles. The standard InChI is InChI=1S/C16H24N2O2/c1-10(2)15(17)16(19)18-13-5-4-8-20-14-7-6-11(3)9-12(13)14/h6-7,9-10,13,15H,4-5,8,17H2,1-3H3,(H,18,19). The fourth-order valence-corrected chi connectivity index (χ4v) is 2.42. The predicted octanol–water partition coefficient (Wildman–Crippen LogP) is 2.31. The van der Waals surface area contributed by atoms with Crippen molar-refractivity contribution in [3.05, 3.63) is 29.3 Å². The number of hydrogen-bond acceptors (Lipinski definition) is 3. The van der Waals surface area contributed by atoms with Crippen LogP contribution < -0.4 is 15.8 Å². The van der Waals surface area contributed by atoms with E-state index < -0.39 is 6.04 Å². The van der Waals surface area contributed by atoms with E-state index in [0.29, 0.717) is 6.61 Å². The van der Waals surface area contributed by atoms with Crippen molar-refractivity contribution in [2.75, 3.05) is 6.61 Å². The van der Waals surface area contributed by atoms with Gasteiger partial charge >= 0.3 is 0 Å². The fraction of sp³-hybridized carbons (Fsp3) is 0.562. The van der Waals surface area contributed by atoms with E-state index in [1.54, 1.807) is 0 Å². The van der Waals surface area contributed by atoms with Crippen molar-refractivity contribution in [3.63, 3.8) is 0 Å². The highest BCUT2D eigenvalue weighted by atomic mass is 16.5. The number of fused-ring (bicyclic) bond motifs is 1. The Kier molecular flexibility index (Phi) is 4.65. The van der Waals surface area contributed by atoms with Gasteiger partial charge in [0, 0.05) is 5.56 Å². The summed E-state index contributed by atoms with van der Waals surface area (Å²) in [4.78, 5) is 12.2. The summed E-state index contributed by atoms with van der Waals surface area (Å²) in [5.41, 5.74) is 8.15. The van der Waals surface area contributed by atoms with Crippen LogP contribution in [0.1, 0.15) is 43.9 Å². The minimum absolute atomic E-state index is 0.00954. The van der Waals surface area contributed by atoms with Gasteiger partial charge in [0.2, 0.25) is 5.91 Å². The van der Waals surface area contributed by atoms with Gasteiger partial charge in [-0.05, 0) is 31.7 Å². The third-order valence-corrected chi connectivity index (χ3v) is 3.77. The van der Waals surface area contributed by atoms with Gasteiger partial charge in [-0.3, -0.25) is 4.79 Å². The highest BCUT2D eigenvalue weighted by molar-refractivity contribution is 5.82. The van der Waals surface area contributed by atoms with E-state index >= 15 is 0 Å². The molecule has 1 heterocycles. The van der Waals surface area contributed by atoms with Crippen LogP contribution >= 0.6 is 0 Å². The molecule has 0 fully saturated rings. The third-order valence-electron chi connectivity index (χ3n) is 3.77. The van der Waals surface area contributed by atoms with Crippen LogP contribution in [-0.2, 0) is 4.79 Å². The molecule has 20 heavy (non-hydrogen) atoms. The molecule has 110 valence electrons. The molecular weight excluding hydrogens is 252 g/mol. The lowest BCUT2D eigenvalue weighted by atomic mass is 9.98. The van der Waals surface area contributed by atoms with Gasteiger partial charge in [0.15, 0.2) is 0 Å². The molecule has 2 unspecified atom stereocenters. The fourth-order valence-electron chi connectivity index (χ4n) is 2.42. The summed E-state index contributed by atoms with van der Waals surface area (Å²) in [5, 5.41) is 3.08. The maximum atomic E-state index is 12.2. The van der Waals surface area contributed by atoms with Crippen LogP contribution in [0.2, 0.25) is 0 Å². The molecule has 0 bridgehead atoms. The Morgan fingerprint density at radius 3 is 2.90 bits per heavy atom. The number of aryl methyl sites for hydroxylation is 1. The minimum Gasteiger partial charge on any atom is -0.493 e. The average molecular weight is 276 g/mol. The van der Waals surface area contributed by atoms with Crippen LogP contribution in [0.15, 0.2) is 18.2 Å². The average Bonchev–Trinajstić information content (AvgIpc) is 2.60. The first-order valence-electron chi connectivity index (χ1n) is 7.28. The van der Waals surface area contributed by atoms with E-state index in [0.717, 1.165) is 24.2 Å². The monoisotopic (exact) mass is 276 g/mol. The Bertz CT molecular complexity index is 485. The molecule has 0 radical (unpaired) electrons. The molecule has 4 heteroatoms. The van der Waals surface area contributed by atoms with Crippen molar-refractivity contribution in [1.82, 2.24) is 5.32 Å². The molecule has 0 saturated carbocycles. The van der Waals surface area contributed by atoms with E-state index in [1.807, 2.05) is 32.9 Å². The summed E-state index contributed by atoms with van der Waals surface area (Å²) in [6.07, 6.45) is 1.81. The normalized spacial score (nSPS) is 19.8. The summed E-state index contributed by atoms with van der Waals surface area (Å²) < 4.78 is 5.74. The summed E-state index contributed by atoms with van der Waals surface area (Å²) in [6, 6.07) is 5.63. The molecule has 1 aromatic carbocycles.